The summed E-state index contributed by atoms with van der Waals surface area (Å²) < 4.78 is 13.3. The molecule has 11 aromatic rings. The Balaban J connectivity index is 1.15. The van der Waals surface area contributed by atoms with Gasteiger partial charge in [-0.3, -0.25) is 4.98 Å². The Morgan fingerprint density at radius 3 is 1.84 bits per heavy atom. The van der Waals surface area contributed by atoms with Gasteiger partial charge < -0.3 is 8.83 Å². The fourth-order valence-electron chi connectivity index (χ4n) is 7.75. The average molecular weight is 639 g/mol. The zero-order chi connectivity index (χ0) is 32.8. The molecular weight excluding hydrogens is 613 g/mol. The van der Waals surface area contributed by atoms with Gasteiger partial charge in [-0.05, 0) is 57.8 Å². The van der Waals surface area contributed by atoms with E-state index in [-0.39, 0.29) is 0 Å². The van der Waals surface area contributed by atoms with Crippen molar-refractivity contribution >= 4 is 76.5 Å². The van der Waals surface area contributed by atoms with E-state index in [1.54, 1.807) is 0 Å². The highest BCUT2D eigenvalue weighted by Gasteiger charge is 2.21. The number of aromatic nitrogens is 2. The number of fused-ring (bicyclic) bond motifs is 13. The van der Waals surface area contributed by atoms with Crippen LogP contribution in [0.15, 0.2) is 167 Å². The van der Waals surface area contributed by atoms with Crippen LogP contribution in [0.1, 0.15) is 0 Å². The first-order valence-corrected chi connectivity index (χ1v) is 16.8. The van der Waals surface area contributed by atoms with Crippen LogP contribution in [0.5, 0.6) is 0 Å². The van der Waals surface area contributed by atoms with Gasteiger partial charge in [0.25, 0.3) is 0 Å². The molecule has 4 heteroatoms. The summed E-state index contributed by atoms with van der Waals surface area (Å²) in [4.78, 5) is 10.3. The third kappa shape index (κ3) is 3.93. The summed E-state index contributed by atoms with van der Waals surface area (Å²) in [6.45, 7) is 0. The summed E-state index contributed by atoms with van der Waals surface area (Å²) in [5.74, 6) is 0. The fourth-order valence-corrected chi connectivity index (χ4v) is 7.75. The van der Waals surface area contributed by atoms with E-state index in [0.29, 0.717) is 0 Å². The molecule has 0 saturated heterocycles. The topological polar surface area (TPSA) is 52.1 Å². The number of hydrogen-bond donors (Lipinski definition) is 0. The molecule has 0 N–H and O–H groups in total. The van der Waals surface area contributed by atoms with E-state index in [4.69, 9.17) is 18.8 Å². The van der Waals surface area contributed by atoms with Gasteiger partial charge in [-0.25, -0.2) is 4.98 Å². The smallest absolute Gasteiger partial charge is 0.147 e. The first-order valence-electron chi connectivity index (χ1n) is 16.8. The third-order valence-electron chi connectivity index (χ3n) is 10.1. The molecule has 3 aromatic heterocycles. The Bertz CT molecular complexity index is 3120. The lowest BCUT2D eigenvalue weighted by atomic mass is 9.96. The van der Waals surface area contributed by atoms with Crippen molar-refractivity contribution in [3.63, 3.8) is 0 Å². The van der Waals surface area contributed by atoms with Crippen LogP contribution in [0.3, 0.4) is 0 Å². The molecule has 8 aromatic carbocycles. The van der Waals surface area contributed by atoms with Gasteiger partial charge in [-0.2, -0.15) is 0 Å². The number of hydrogen-bond acceptors (Lipinski definition) is 4. The lowest BCUT2D eigenvalue weighted by Gasteiger charge is -2.11. The fraction of sp³-hybridized carbons (Fsp3) is 0. The normalized spacial score (nSPS) is 12.0. The Labute approximate surface area is 285 Å². The van der Waals surface area contributed by atoms with Crippen LogP contribution in [0.2, 0.25) is 0 Å². The minimum Gasteiger partial charge on any atom is -0.455 e. The molecule has 0 saturated carbocycles. The maximum Gasteiger partial charge on any atom is 0.147 e. The predicted molar refractivity (Wildman–Crippen MR) is 205 cm³/mol. The first-order chi connectivity index (χ1) is 24.8. The molecule has 0 fully saturated rings. The lowest BCUT2D eigenvalue weighted by Crippen LogP contribution is -1.92. The summed E-state index contributed by atoms with van der Waals surface area (Å²) in [6.07, 6.45) is 1.90. The van der Waals surface area contributed by atoms with E-state index in [0.717, 1.165) is 93.6 Å². The highest BCUT2D eigenvalue weighted by Crippen LogP contribution is 2.45. The van der Waals surface area contributed by atoms with Crippen LogP contribution in [-0.4, -0.2) is 9.97 Å². The van der Waals surface area contributed by atoms with Crippen molar-refractivity contribution in [2.45, 2.75) is 0 Å². The van der Waals surface area contributed by atoms with Crippen molar-refractivity contribution in [2.75, 3.05) is 0 Å². The van der Waals surface area contributed by atoms with Crippen LogP contribution in [0, 0.1) is 0 Å². The quantitative estimate of drug-likeness (QED) is 0.181. The van der Waals surface area contributed by atoms with Crippen molar-refractivity contribution < 1.29 is 8.83 Å². The molecule has 4 nitrogen and oxygen atoms in total. The molecule has 0 amide bonds. The third-order valence-corrected chi connectivity index (χ3v) is 10.1. The van der Waals surface area contributed by atoms with Gasteiger partial charge in [-0.1, -0.05) is 121 Å². The van der Waals surface area contributed by atoms with Crippen LogP contribution >= 0.6 is 0 Å². The lowest BCUT2D eigenvalue weighted by molar-refractivity contribution is 0.663. The van der Waals surface area contributed by atoms with Crippen molar-refractivity contribution in [1.29, 1.82) is 0 Å². The minimum atomic E-state index is 0.806. The van der Waals surface area contributed by atoms with Gasteiger partial charge in [0.1, 0.15) is 22.3 Å². The second-order valence-corrected chi connectivity index (χ2v) is 12.9. The number of nitrogens with zero attached hydrogens (tertiary/aromatic N) is 2. The van der Waals surface area contributed by atoms with E-state index in [2.05, 4.69) is 133 Å². The van der Waals surface area contributed by atoms with E-state index in [9.17, 15) is 0 Å². The van der Waals surface area contributed by atoms with Crippen molar-refractivity contribution in [3.05, 3.63) is 158 Å². The molecule has 0 aliphatic carbocycles. The van der Waals surface area contributed by atoms with Gasteiger partial charge in [0.15, 0.2) is 0 Å². The Morgan fingerprint density at radius 2 is 1.02 bits per heavy atom. The molecule has 0 bridgehead atoms. The minimum absolute atomic E-state index is 0.806. The first kappa shape index (κ1) is 27.2. The molecule has 0 unspecified atom stereocenters. The van der Waals surface area contributed by atoms with Crippen LogP contribution in [-0.2, 0) is 0 Å². The van der Waals surface area contributed by atoms with Crippen LogP contribution < -0.4 is 0 Å². The zero-order valence-corrected chi connectivity index (χ0v) is 26.7. The maximum absolute atomic E-state index is 6.64. The molecule has 232 valence electrons. The van der Waals surface area contributed by atoms with Crippen molar-refractivity contribution in [1.82, 2.24) is 9.97 Å². The number of benzene rings is 8. The predicted octanol–water partition coefficient (Wildman–Crippen LogP) is 12.7. The van der Waals surface area contributed by atoms with E-state index < -0.39 is 0 Å². The number of rotatable bonds is 3. The van der Waals surface area contributed by atoms with Gasteiger partial charge >= 0.3 is 0 Å². The van der Waals surface area contributed by atoms with E-state index in [1.165, 1.54) is 16.3 Å². The molecule has 0 spiro atoms. The standard InChI is InChI=1S/C46H26N2O2/c1-2-11-27(12-3-1)28-21-22-41-37(24-28)38-25-36(45-42(46(38)50-41)35-19-8-9-20-40(35)49-45)29-13-10-14-30(23-29)39-26-47-43-33-17-6-4-15-31(33)32-16-5-7-18-34(32)44(43)48-39/h1-26H. The summed E-state index contributed by atoms with van der Waals surface area (Å²) in [5.41, 5.74) is 11.3. The number of para-hydroxylation sites is 1. The molecule has 0 radical (unpaired) electrons. The Kier molecular flexibility index (Phi) is 5.63. The van der Waals surface area contributed by atoms with Crippen LogP contribution in [0.25, 0.3) is 110 Å². The molecule has 3 heterocycles. The molecule has 0 aliphatic rings. The van der Waals surface area contributed by atoms with Crippen molar-refractivity contribution in [2.24, 2.45) is 0 Å². The molecule has 11 rings (SSSR count). The summed E-state index contributed by atoms with van der Waals surface area (Å²) in [5, 5.41) is 8.73. The van der Waals surface area contributed by atoms with Gasteiger partial charge in [0.05, 0.1) is 28.3 Å². The summed E-state index contributed by atoms with van der Waals surface area (Å²) >= 11 is 0. The summed E-state index contributed by atoms with van der Waals surface area (Å²) in [6, 6.07) is 52.8. The second kappa shape index (κ2) is 10.4. The maximum atomic E-state index is 6.64. The van der Waals surface area contributed by atoms with Crippen LogP contribution in [0.4, 0.5) is 0 Å². The molecular formula is C46H26N2O2. The van der Waals surface area contributed by atoms with Gasteiger partial charge in [0.2, 0.25) is 0 Å². The van der Waals surface area contributed by atoms with Gasteiger partial charge in [0, 0.05) is 38.1 Å². The van der Waals surface area contributed by atoms with E-state index in [1.807, 2.05) is 24.4 Å². The molecule has 50 heavy (non-hydrogen) atoms. The highest BCUT2D eigenvalue weighted by molar-refractivity contribution is 6.26. The Morgan fingerprint density at radius 1 is 0.380 bits per heavy atom. The SMILES string of the molecule is c1ccc(-c2ccc3oc4c(cc(-c5cccc(-c6cnc7c8ccccc8c8ccccc8c7n6)c5)c5oc6ccccc6c54)c3c2)cc1. The Hall–Kier alpha value is -6.78. The number of furan rings is 2. The average Bonchev–Trinajstić information content (AvgIpc) is 3.76. The monoisotopic (exact) mass is 638 g/mol. The zero-order valence-electron chi connectivity index (χ0n) is 26.7. The molecule has 0 aliphatic heterocycles. The summed E-state index contributed by atoms with van der Waals surface area (Å²) in [7, 11) is 0. The second-order valence-electron chi connectivity index (χ2n) is 12.9. The molecule has 0 atom stereocenters. The highest BCUT2D eigenvalue weighted by atomic mass is 16.3. The largest absolute Gasteiger partial charge is 0.455 e. The van der Waals surface area contributed by atoms with Crippen molar-refractivity contribution in [3.8, 4) is 33.5 Å². The van der Waals surface area contributed by atoms with Gasteiger partial charge in [-0.15, -0.1) is 0 Å². The van der Waals surface area contributed by atoms with E-state index >= 15 is 0 Å².